The molecule has 0 aliphatic carbocycles. The van der Waals surface area contributed by atoms with Crippen LogP contribution in [0, 0.1) is 0 Å². The zero-order chi connectivity index (χ0) is 17.4. The van der Waals surface area contributed by atoms with Crippen LogP contribution in [0.1, 0.15) is 19.3 Å². The number of nitrogens with two attached hydrogens (primary N) is 1. The number of primary sulfonamides is 1. The van der Waals surface area contributed by atoms with Gasteiger partial charge < -0.3 is 20.1 Å². The molecule has 1 aromatic rings. The number of ether oxygens (including phenoxy) is 2. The summed E-state index contributed by atoms with van der Waals surface area (Å²) in [6.45, 7) is 2.45. The van der Waals surface area contributed by atoms with E-state index in [9.17, 15) is 13.2 Å². The number of hydrogen-bond donors (Lipinski definition) is 3. The summed E-state index contributed by atoms with van der Waals surface area (Å²) in [4.78, 5) is 11.7. The largest absolute Gasteiger partial charge is 0.379 e. The van der Waals surface area contributed by atoms with Crippen LogP contribution in [0.5, 0.6) is 0 Å². The molecular formula is C15H23N3O5S. The summed E-state index contributed by atoms with van der Waals surface area (Å²) in [5, 5.41) is 10.3. The molecular weight excluding hydrogens is 334 g/mol. The van der Waals surface area contributed by atoms with Crippen molar-refractivity contribution in [2.24, 2.45) is 5.14 Å². The highest BCUT2D eigenvalue weighted by Gasteiger charge is 2.14. The van der Waals surface area contributed by atoms with Crippen LogP contribution in [0.2, 0.25) is 0 Å². The molecule has 1 atom stereocenters. The Kier molecular flexibility index (Phi) is 6.98. The van der Waals surface area contributed by atoms with E-state index in [1.807, 2.05) is 0 Å². The third-order valence-electron chi connectivity index (χ3n) is 3.52. The van der Waals surface area contributed by atoms with Crippen LogP contribution in [-0.4, -0.2) is 46.9 Å². The van der Waals surface area contributed by atoms with Gasteiger partial charge in [0, 0.05) is 25.4 Å². The lowest BCUT2D eigenvalue weighted by molar-refractivity contribution is 0.0168. The smallest absolute Gasteiger partial charge is 0.319 e. The molecule has 134 valence electrons. The standard InChI is InChI=1S/C15H23N3O5S/c16-24(20,21)14-6-4-12(5-7-14)18-15(19)17-8-2-9-22-11-13-3-1-10-23-13/h4-7,13H,1-3,8-11H2,(H2,16,20,21)(H2,17,18,19)/t13-/m1/s1. The van der Waals surface area contributed by atoms with Gasteiger partial charge in [0.15, 0.2) is 0 Å². The molecule has 0 aromatic heterocycles. The number of amides is 2. The Morgan fingerprint density at radius 3 is 2.71 bits per heavy atom. The number of rotatable bonds is 8. The molecule has 8 nitrogen and oxygen atoms in total. The van der Waals surface area contributed by atoms with Gasteiger partial charge in [-0.2, -0.15) is 0 Å². The summed E-state index contributed by atoms with van der Waals surface area (Å²) >= 11 is 0. The number of nitrogens with one attached hydrogen (secondary N) is 2. The van der Waals surface area contributed by atoms with Gasteiger partial charge in [-0.15, -0.1) is 0 Å². The minimum atomic E-state index is -3.73. The molecule has 0 radical (unpaired) electrons. The van der Waals surface area contributed by atoms with Gasteiger partial charge in [-0.1, -0.05) is 0 Å². The van der Waals surface area contributed by atoms with E-state index < -0.39 is 10.0 Å². The number of urea groups is 1. The van der Waals surface area contributed by atoms with Crippen molar-refractivity contribution >= 4 is 21.7 Å². The molecule has 1 saturated heterocycles. The molecule has 24 heavy (non-hydrogen) atoms. The summed E-state index contributed by atoms with van der Waals surface area (Å²) < 4.78 is 33.2. The lowest BCUT2D eigenvalue weighted by Crippen LogP contribution is -2.30. The van der Waals surface area contributed by atoms with E-state index >= 15 is 0 Å². The van der Waals surface area contributed by atoms with Crippen LogP contribution in [0.3, 0.4) is 0 Å². The van der Waals surface area contributed by atoms with Crippen LogP contribution in [-0.2, 0) is 19.5 Å². The Morgan fingerprint density at radius 1 is 1.33 bits per heavy atom. The van der Waals surface area contributed by atoms with E-state index in [-0.39, 0.29) is 17.0 Å². The lowest BCUT2D eigenvalue weighted by atomic mass is 10.2. The van der Waals surface area contributed by atoms with Crippen molar-refractivity contribution in [3.05, 3.63) is 24.3 Å². The van der Waals surface area contributed by atoms with Crippen molar-refractivity contribution in [2.45, 2.75) is 30.3 Å². The van der Waals surface area contributed by atoms with Gasteiger partial charge in [-0.3, -0.25) is 0 Å². The molecule has 1 fully saturated rings. The molecule has 0 saturated carbocycles. The summed E-state index contributed by atoms with van der Waals surface area (Å²) in [5.41, 5.74) is 0.481. The number of benzene rings is 1. The Morgan fingerprint density at radius 2 is 2.08 bits per heavy atom. The molecule has 9 heteroatoms. The fourth-order valence-corrected chi connectivity index (χ4v) is 2.79. The highest BCUT2D eigenvalue weighted by Crippen LogP contribution is 2.13. The average molecular weight is 357 g/mol. The molecule has 4 N–H and O–H groups in total. The van der Waals surface area contributed by atoms with Crippen molar-refractivity contribution in [3.63, 3.8) is 0 Å². The maximum atomic E-state index is 11.7. The van der Waals surface area contributed by atoms with Crippen molar-refractivity contribution < 1.29 is 22.7 Å². The second-order valence-electron chi connectivity index (χ2n) is 5.51. The van der Waals surface area contributed by atoms with Crippen LogP contribution in [0.4, 0.5) is 10.5 Å². The Bertz CT molecular complexity index is 627. The zero-order valence-corrected chi connectivity index (χ0v) is 14.2. The van der Waals surface area contributed by atoms with Gasteiger partial charge in [-0.05, 0) is 43.5 Å². The lowest BCUT2D eigenvalue weighted by Gasteiger charge is -2.11. The Labute approximate surface area is 141 Å². The Hall–Kier alpha value is -1.68. The normalized spacial score (nSPS) is 17.6. The number of hydrogen-bond acceptors (Lipinski definition) is 5. The van der Waals surface area contributed by atoms with Gasteiger partial charge in [0.2, 0.25) is 10.0 Å². The van der Waals surface area contributed by atoms with E-state index in [1.165, 1.54) is 24.3 Å². The van der Waals surface area contributed by atoms with Crippen LogP contribution < -0.4 is 15.8 Å². The molecule has 1 aliphatic heterocycles. The molecule has 2 rings (SSSR count). The molecule has 0 spiro atoms. The third-order valence-corrected chi connectivity index (χ3v) is 4.45. The monoisotopic (exact) mass is 357 g/mol. The molecule has 2 amide bonds. The summed E-state index contributed by atoms with van der Waals surface area (Å²) in [7, 11) is -3.73. The Balaban J connectivity index is 1.59. The summed E-state index contributed by atoms with van der Waals surface area (Å²) in [5.74, 6) is 0. The minimum Gasteiger partial charge on any atom is -0.379 e. The quantitative estimate of drug-likeness (QED) is 0.601. The molecule has 1 heterocycles. The van der Waals surface area contributed by atoms with Gasteiger partial charge in [0.05, 0.1) is 17.6 Å². The first-order chi connectivity index (χ1) is 11.4. The second-order valence-corrected chi connectivity index (χ2v) is 7.08. The first-order valence-electron chi connectivity index (χ1n) is 7.82. The van der Waals surface area contributed by atoms with Crippen molar-refractivity contribution in [3.8, 4) is 0 Å². The predicted octanol–water partition coefficient (Wildman–Crippen LogP) is 1.04. The number of sulfonamides is 1. The fraction of sp³-hybridized carbons (Fsp3) is 0.533. The number of carbonyl (C=O) groups is 1. The molecule has 1 aromatic carbocycles. The van der Waals surface area contributed by atoms with Crippen molar-refractivity contribution in [1.82, 2.24) is 5.32 Å². The van der Waals surface area contributed by atoms with Gasteiger partial charge in [0.25, 0.3) is 0 Å². The highest BCUT2D eigenvalue weighted by molar-refractivity contribution is 7.89. The predicted molar refractivity (Wildman–Crippen MR) is 89.2 cm³/mol. The van der Waals surface area contributed by atoms with Crippen LogP contribution >= 0.6 is 0 Å². The van der Waals surface area contributed by atoms with Gasteiger partial charge >= 0.3 is 6.03 Å². The number of anilines is 1. The van der Waals surface area contributed by atoms with E-state index in [0.717, 1.165) is 19.4 Å². The van der Waals surface area contributed by atoms with Crippen molar-refractivity contribution in [2.75, 3.05) is 31.7 Å². The number of carbonyl (C=O) groups excluding carboxylic acids is 1. The van der Waals surface area contributed by atoms with Crippen LogP contribution in [0.15, 0.2) is 29.2 Å². The molecule has 1 aliphatic rings. The SMILES string of the molecule is NS(=O)(=O)c1ccc(NC(=O)NCCCOC[C@H]2CCCO2)cc1. The minimum absolute atomic E-state index is 0.00292. The van der Waals surface area contributed by atoms with E-state index in [0.29, 0.717) is 31.9 Å². The topological polar surface area (TPSA) is 120 Å². The third kappa shape index (κ3) is 6.44. The first kappa shape index (κ1) is 18.7. The van der Waals surface area contributed by atoms with E-state index in [2.05, 4.69) is 10.6 Å². The summed E-state index contributed by atoms with van der Waals surface area (Å²) in [6, 6.07) is 5.26. The molecule has 0 unspecified atom stereocenters. The van der Waals surface area contributed by atoms with E-state index in [1.54, 1.807) is 0 Å². The van der Waals surface area contributed by atoms with Gasteiger partial charge in [0.1, 0.15) is 0 Å². The highest BCUT2D eigenvalue weighted by atomic mass is 32.2. The van der Waals surface area contributed by atoms with Gasteiger partial charge in [-0.25, -0.2) is 18.4 Å². The summed E-state index contributed by atoms with van der Waals surface area (Å²) in [6.07, 6.45) is 3.05. The van der Waals surface area contributed by atoms with Crippen molar-refractivity contribution in [1.29, 1.82) is 0 Å². The fourth-order valence-electron chi connectivity index (χ4n) is 2.27. The zero-order valence-electron chi connectivity index (χ0n) is 13.4. The van der Waals surface area contributed by atoms with E-state index in [4.69, 9.17) is 14.6 Å². The van der Waals surface area contributed by atoms with Crippen LogP contribution in [0.25, 0.3) is 0 Å². The molecule has 0 bridgehead atoms. The first-order valence-corrected chi connectivity index (χ1v) is 9.37. The maximum Gasteiger partial charge on any atom is 0.319 e. The average Bonchev–Trinajstić information content (AvgIpc) is 3.03. The second kappa shape index (κ2) is 8.97. The maximum absolute atomic E-state index is 11.7.